The molecule has 8 heteroatoms. The number of carbonyl (C=O) groups is 1. The van der Waals surface area contributed by atoms with Gasteiger partial charge in [0.05, 0.1) is 18.5 Å². The number of rotatable bonds is 7. The average molecular weight is 417 g/mol. The van der Waals surface area contributed by atoms with Gasteiger partial charge in [-0.15, -0.1) is 0 Å². The summed E-state index contributed by atoms with van der Waals surface area (Å²) in [6, 6.07) is 11.7. The van der Waals surface area contributed by atoms with E-state index in [1.54, 1.807) is 24.4 Å². The van der Waals surface area contributed by atoms with Crippen molar-refractivity contribution < 1.29 is 13.9 Å². The fraction of sp³-hybridized carbons (Fsp3) is 0.174. The molecule has 0 amide bonds. The molecule has 0 spiro atoms. The highest BCUT2D eigenvalue weighted by atomic mass is 19.1. The molecule has 7 nitrogen and oxygen atoms in total. The molecule has 156 valence electrons. The fourth-order valence-corrected chi connectivity index (χ4v) is 3.11. The zero-order valence-electron chi connectivity index (χ0n) is 17.1. The summed E-state index contributed by atoms with van der Waals surface area (Å²) in [6.45, 7) is 4.59. The third kappa shape index (κ3) is 4.48. The van der Waals surface area contributed by atoms with E-state index in [-0.39, 0.29) is 5.82 Å². The highest BCUT2D eigenvalue weighted by Crippen LogP contribution is 2.27. The molecular weight excluding hydrogens is 397 g/mol. The highest BCUT2D eigenvalue weighted by Gasteiger charge is 2.15. The van der Waals surface area contributed by atoms with E-state index < -0.39 is 0 Å². The smallest absolute Gasteiger partial charge is 0.247 e. The van der Waals surface area contributed by atoms with Gasteiger partial charge in [0.1, 0.15) is 5.82 Å². The van der Waals surface area contributed by atoms with Crippen LogP contribution in [0.15, 0.2) is 48.7 Å². The maximum absolute atomic E-state index is 13.1. The normalized spacial score (nSPS) is 10.8. The molecular formula is C23H20FN5O2. The largest absolute Gasteiger partial charge is 0.476 e. The third-order valence-corrected chi connectivity index (χ3v) is 4.63. The van der Waals surface area contributed by atoms with Crippen LogP contribution in [-0.2, 0) is 6.54 Å². The summed E-state index contributed by atoms with van der Waals surface area (Å²) in [4.78, 5) is 29.4. The zero-order chi connectivity index (χ0) is 21.8. The minimum atomic E-state index is -0.290. The van der Waals surface area contributed by atoms with E-state index in [0.29, 0.717) is 53.0 Å². The zero-order valence-corrected chi connectivity index (χ0v) is 17.1. The van der Waals surface area contributed by atoms with Gasteiger partial charge in [-0.2, -0.15) is 9.97 Å². The fourth-order valence-electron chi connectivity index (χ4n) is 3.11. The van der Waals surface area contributed by atoms with Crippen molar-refractivity contribution in [3.8, 4) is 17.1 Å². The van der Waals surface area contributed by atoms with Gasteiger partial charge in [0, 0.05) is 17.7 Å². The molecule has 0 bridgehead atoms. The lowest BCUT2D eigenvalue weighted by atomic mass is 10.0. The Morgan fingerprint density at radius 1 is 1.10 bits per heavy atom. The number of aldehydes is 1. The summed E-state index contributed by atoms with van der Waals surface area (Å²) < 4.78 is 18.8. The molecule has 0 fully saturated rings. The molecule has 0 aliphatic heterocycles. The summed E-state index contributed by atoms with van der Waals surface area (Å²) in [5.74, 6) is 0.331. The van der Waals surface area contributed by atoms with Crippen molar-refractivity contribution in [1.29, 1.82) is 0 Å². The van der Waals surface area contributed by atoms with E-state index in [1.807, 2.05) is 26.0 Å². The SMILES string of the molecule is CCOc1nc(NCc2ccc(F)cc2)nc2ncc(-c3cc(C)ccc3C=O)nc12. The minimum absolute atomic E-state index is 0.290. The van der Waals surface area contributed by atoms with Crippen molar-refractivity contribution >= 4 is 23.4 Å². The molecule has 4 aromatic rings. The number of hydrogen-bond donors (Lipinski definition) is 1. The van der Waals surface area contributed by atoms with Crippen LogP contribution in [0.5, 0.6) is 5.88 Å². The molecule has 2 heterocycles. The maximum Gasteiger partial charge on any atom is 0.247 e. The van der Waals surface area contributed by atoms with Gasteiger partial charge in [0.2, 0.25) is 11.8 Å². The first-order chi connectivity index (χ1) is 15.1. The molecule has 31 heavy (non-hydrogen) atoms. The van der Waals surface area contributed by atoms with E-state index in [1.165, 1.54) is 12.1 Å². The summed E-state index contributed by atoms with van der Waals surface area (Å²) in [5.41, 5.74) is 4.40. The molecule has 0 atom stereocenters. The van der Waals surface area contributed by atoms with Gasteiger partial charge in [0.15, 0.2) is 17.5 Å². The Bertz CT molecular complexity index is 1240. The van der Waals surface area contributed by atoms with Crippen molar-refractivity contribution in [2.75, 3.05) is 11.9 Å². The van der Waals surface area contributed by atoms with Crippen LogP contribution in [-0.4, -0.2) is 32.8 Å². The Morgan fingerprint density at radius 2 is 1.90 bits per heavy atom. The van der Waals surface area contributed by atoms with E-state index in [4.69, 9.17) is 4.74 Å². The molecule has 1 N–H and O–H groups in total. The number of nitrogens with zero attached hydrogens (tertiary/aromatic N) is 4. The summed E-state index contributed by atoms with van der Waals surface area (Å²) in [7, 11) is 0. The number of carbonyl (C=O) groups excluding carboxylic acids is 1. The Labute approximate surface area is 178 Å². The number of halogens is 1. The van der Waals surface area contributed by atoms with Crippen LogP contribution >= 0.6 is 0 Å². The van der Waals surface area contributed by atoms with E-state index >= 15 is 0 Å². The number of hydrogen-bond acceptors (Lipinski definition) is 7. The highest BCUT2D eigenvalue weighted by molar-refractivity contribution is 5.88. The number of benzene rings is 2. The Hall–Kier alpha value is -3.94. The van der Waals surface area contributed by atoms with Crippen LogP contribution in [0.1, 0.15) is 28.4 Å². The average Bonchev–Trinajstić information content (AvgIpc) is 2.78. The minimum Gasteiger partial charge on any atom is -0.476 e. The quantitative estimate of drug-likeness (QED) is 0.447. The first kappa shape index (κ1) is 20.3. The predicted molar refractivity (Wildman–Crippen MR) is 116 cm³/mol. The van der Waals surface area contributed by atoms with E-state index in [9.17, 15) is 9.18 Å². The molecule has 0 unspecified atom stereocenters. The molecule has 0 aliphatic carbocycles. The lowest BCUT2D eigenvalue weighted by Gasteiger charge is -2.11. The lowest BCUT2D eigenvalue weighted by Crippen LogP contribution is -2.07. The first-order valence-corrected chi connectivity index (χ1v) is 9.79. The Balaban J connectivity index is 1.71. The van der Waals surface area contributed by atoms with Crippen LogP contribution in [0.2, 0.25) is 0 Å². The summed E-state index contributed by atoms with van der Waals surface area (Å²) >= 11 is 0. The topological polar surface area (TPSA) is 89.9 Å². The van der Waals surface area contributed by atoms with E-state index in [2.05, 4.69) is 25.3 Å². The number of fused-ring (bicyclic) bond motifs is 1. The monoisotopic (exact) mass is 417 g/mol. The Morgan fingerprint density at radius 3 is 2.65 bits per heavy atom. The molecule has 2 aromatic carbocycles. The third-order valence-electron chi connectivity index (χ3n) is 4.63. The van der Waals surface area contributed by atoms with Crippen molar-refractivity contribution in [2.24, 2.45) is 0 Å². The van der Waals surface area contributed by atoms with Crippen molar-refractivity contribution in [2.45, 2.75) is 20.4 Å². The van der Waals surface area contributed by atoms with Gasteiger partial charge in [-0.3, -0.25) is 4.79 Å². The van der Waals surface area contributed by atoms with Crippen molar-refractivity contribution in [3.05, 3.63) is 71.2 Å². The van der Waals surface area contributed by atoms with Crippen molar-refractivity contribution in [1.82, 2.24) is 19.9 Å². The molecule has 0 saturated heterocycles. The standard InChI is InChI=1S/C23H20FN5O2/c1-3-31-22-20-21(28-23(29-22)26-11-15-5-8-17(24)9-6-15)25-12-19(27-20)18-10-14(2)4-7-16(18)13-30/h4-10,12-13H,3,11H2,1-2H3,(H,25,26,28,29). The molecule has 0 saturated carbocycles. The molecule has 0 aliphatic rings. The molecule has 0 radical (unpaired) electrons. The second-order valence-electron chi connectivity index (χ2n) is 6.90. The van der Waals surface area contributed by atoms with Crippen LogP contribution in [0.4, 0.5) is 10.3 Å². The van der Waals surface area contributed by atoms with Gasteiger partial charge in [-0.25, -0.2) is 14.4 Å². The number of ether oxygens (including phenoxy) is 1. The van der Waals surface area contributed by atoms with Crippen LogP contribution in [0.25, 0.3) is 22.4 Å². The van der Waals surface area contributed by atoms with Crippen LogP contribution in [0.3, 0.4) is 0 Å². The summed E-state index contributed by atoms with van der Waals surface area (Å²) in [6.07, 6.45) is 2.37. The van der Waals surface area contributed by atoms with Gasteiger partial charge in [0.25, 0.3) is 0 Å². The predicted octanol–water partition coefficient (Wildman–Crippen LogP) is 4.36. The molecule has 4 rings (SSSR count). The lowest BCUT2D eigenvalue weighted by molar-refractivity contribution is 0.112. The van der Waals surface area contributed by atoms with Crippen molar-refractivity contribution in [3.63, 3.8) is 0 Å². The number of aryl methyl sites for hydroxylation is 1. The van der Waals surface area contributed by atoms with Gasteiger partial charge < -0.3 is 10.1 Å². The number of aromatic nitrogens is 4. The summed E-state index contributed by atoms with van der Waals surface area (Å²) in [5, 5.41) is 3.10. The second-order valence-corrected chi connectivity index (χ2v) is 6.90. The Kier molecular flexibility index (Phi) is 5.79. The van der Waals surface area contributed by atoms with Crippen LogP contribution < -0.4 is 10.1 Å². The number of nitrogens with one attached hydrogen (secondary N) is 1. The van der Waals surface area contributed by atoms with Gasteiger partial charge in [-0.05, 0) is 37.6 Å². The molecule has 2 aromatic heterocycles. The number of anilines is 1. The first-order valence-electron chi connectivity index (χ1n) is 9.79. The van der Waals surface area contributed by atoms with E-state index in [0.717, 1.165) is 17.4 Å². The van der Waals surface area contributed by atoms with Gasteiger partial charge >= 0.3 is 0 Å². The second kappa shape index (κ2) is 8.83. The maximum atomic E-state index is 13.1. The van der Waals surface area contributed by atoms with Gasteiger partial charge in [-0.1, -0.05) is 29.8 Å². The van der Waals surface area contributed by atoms with Crippen LogP contribution in [0, 0.1) is 12.7 Å².